The van der Waals surface area contributed by atoms with Gasteiger partial charge in [-0.1, -0.05) is 0 Å². The molecule has 2 aromatic rings. The summed E-state index contributed by atoms with van der Waals surface area (Å²) >= 11 is 0. The number of benzene rings is 1. The number of hydrogen-bond acceptors (Lipinski definition) is 5. The highest BCUT2D eigenvalue weighted by molar-refractivity contribution is 6.01. The van der Waals surface area contributed by atoms with Crippen molar-refractivity contribution in [2.75, 3.05) is 34.8 Å². The number of nitrogens with one attached hydrogen (secondary N) is 2. The Labute approximate surface area is 200 Å². The summed E-state index contributed by atoms with van der Waals surface area (Å²) in [6, 6.07) is 8.34. The number of ether oxygens (including phenoxy) is 1. The van der Waals surface area contributed by atoms with Gasteiger partial charge in [0.05, 0.1) is 24.1 Å². The first-order chi connectivity index (χ1) is 16.8. The predicted octanol–water partition coefficient (Wildman–Crippen LogP) is 3.79. The highest BCUT2D eigenvalue weighted by Crippen LogP contribution is 2.31. The first kappa shape index (κ1) is 23.4. The summed E-state index contributed by atoms with van der Waals surface area (Å²) in [5.74, 6) is -0.228. The average Bonchev–Trinajstić information content (AvgIpc) is 3.17. The summed E-state index contributed by atoms with van der Waals surface area (Å²) < 4.78 is 43.8. The topological polar surface area (TPSA) is 86.8 Å². The van der Waals surface area contributed by atoms with Crippen LogP contribution in [-0.2, 0) is 15.7 Å². The quantitative estimate of drug-likeness (QED) is 0.683. The molecule has 2 bridgehead atoms. The van der Waals surface area contributed by atoms with Gasteiger partial charge in [0, 0.05) is 31.0 Å². The minimum absolute atomic E-state index is 0.0998. The van der Waals surface area contributed by atoms with Crippen LogP contribution in [0.3, 0.4) is 0 Å². The summed E-state index contributed by atoms with van der Waals surface area (Å²) in [5, 5.41) is 5.06. The van der Waals surface area contributed by atoms with Gasteiger partial charge in [-0.3, -0.25) is 4.79 Å². The molecular weight excluding hydrogens is 463 g/mol. The van der Waals surface area contributed by atoms with E-state index in [1.54, 1.807) is 4.90 Å². The van der Waals surface area contributed by atoms with Crippen LogP contribution in [0.1, 0.15) is 31.4 Å². The van der Waals surface area contributed by atoms with Crippen molar-refractivity contribution in [2.45, 2.75) is 50.1 Å². The fourth-order valence-electron chi connectivity index (χ4n) is 4.90. The molecule has 4 heterocycles. The monoisotopic (exact) mass is 489 g/mol. The van der Waals surface area contributed by atoms with Gasteiger partial charge in [0.25, 0.3) is 0 Å². The predicted molar refractivity (Wildman–Crippen MR) is 123 cm³/mol. The highest BCUT2D eigenvalue weighted by Gasteiger charge is 2.35. The number of carbonyl (C=O) groups is 2. The molecule has 3 saturated heterocycles. The van der Waals surface area contributed by atoms with E-state index in [1.165, 1.54) is 0 Å². The van der Waals surface area contributed by atoms with E-state index in [0.717, 1.165) is 55.6 Å². The van der Waals surface area contributed by atoms with Gasteiger partial charge >= 0.3 is 12.2 Å². The molecule has 3 atom stereocenters. The largest absolute Gasteiger partial charge is 0.433 e. The molecule has 5 rings (SSSR count). The summed E-state index contributed by atoms with van der Waals surface area (Å²) in [7, 11) is 0. The number of aromatic nitrogens is 1. The number of anilines is 3. The average molecular weight is 489 g/mol. The maximum absolute atomic E-state index is 13.1. The van der Waals surface area contributed by atoms with Gasteiger partial charge in [-0.25, -0.2) is 9.78 Å². The van der Waals surface area contributed by atoms with E-state index in [4.69, 9.17) is 4.74 Å². The second-order valence-electron chi connectivity index (χ2n) is 9.09. The molecule has 3 fully saturated rings. The van der Waals surface area contributed by atoms with Crippen LogP contribution in [-0.4, -0.2) is 54.8 Å². The molecular formula is C24H26F3N5O3. The number of amides is 3. The SMILES string of the molecule is O=C(Nc1ccc(C(F)(F)F)nc1)NC1CCCN(c2ccc(N3C[C@H]4CC[C@@H](C3)O4)cc2)C1=O. The van der Waals surface area contributed by atoms with Crippen molar-refractivity contribution in [1.82, 2.24) is 10.3 Å². The molecule has 0 spiro atoms. The molecule has 186 valence electrons. The zero-order chi connectivity index (χ0) is 24.6. The van der Waals surface area contributed by atoms with Crippen LogP contribution in [0.15, 0.2) is 42.6 Å². The van der Waals surface area contributed by atoms with Crippen molar-refractivity contribution in [3.63, 3.8) is 0 Å². The summed E-state index contributed by atoms with van der Waals surface area (Å²) in [6.07, 6.45) is 0.312. The Kier molecular flexibility index (Phi) is 6.26. The van der Waals surface area contributed by atoms with E-state index in [0.29, 0.717) is 19.4 Å². The zero-order valence-corrected chi connectivity index (χ0v) is 18.9. The molecule has 1 unspecified atom stereocenters. The lowest BCUT2D eigenvalue weighted by Gasteiger charge is -2.35. The van der Waals surface area contributed by atoms with E-state index >= 15 is 0 Å². The van der Waals surface area contributed by atoms with Gasteiger partial charge < -0.3 is 25.2 Å². The van der Waals surface area contributed by atoms with Crippen molar-refractivity contribution in [2.24, 2.45) is 0 Å². The molecule has 0 saturated carbocycles. The normalized spacial score (nSPS) is 24.4. The number of halogens is 3. The standard InChI is InChI=1S/C24H26F3N5O3/c25-24(26,27)21-10-3-15(12-28-21)29-23(34)30-20-2-1-11-32(22(20)33)17-6-4-16(5-7-17)31-13-18-8-9-19(14-31)35-18/h3-7,10,12,18-20H,1-2,8-9,11,13-14H2,(H2,29,30,34)/t18-,19+,20?. The van der Waals surface area contributed by atoms with E-state index in [2.05, 4.69) is 20.5 Å². The second-order valence-corrected chi connectivity index (χ2v) is 9.09. The van der Waals surface area contributed by atoms with Crippen LogP contribution < -0.4 is 20.4 Å². The maximum Gasteiger partial charge on any atom is 0.433 e. The van der Waals surface area contributed by atoms with Crippen LogP contribution in [0.5, 0.6) is 0 Å². The van der Waals surface area contributed by atoms with Crippen molar-refractivity contribution in [3.05, 3.63) is 48.3 Å². The Morgan fingerprint density at radius 3 is 2.31 bits per heavy atom. The summed E-state index contributed by atoms with van der Waals surface area (Å²) in [5.41, 5.74) is 0.905. The molecule has 0 aliphatic carbocycles. The lowest BCUT2D eigenvalue weighted by Crippen LogP contribution is -2.53. The third-order valence-corrected chi connectivity index (χ3v) is 6.63. The lowest BCUT2D eigenvalue weighted by molar-refractivity contribution is -0.141. The number of fused-ring (bicyclic) bond motifs is 2. The molecule has 1 aromatic heterocycles. The Morgan fingerprint density at radius 2 is 1.69 bits per heavy atom. The number of rotatable bonds is 4. The number of carbonyl (C=O) groups excluding carboxylic acids is 2. The Morgan fingerprint density at radius 1 is 1.00 bits per heavy atom. The fourth-order valence-corrected chi connectivity index (χ4v) is 4.90. The summed E-state index contributed by atoms with van der Waals surface area (Å²) in [6.45, 7) is 2.28. The van der Waals surface area contributed by atoms with E-state index in [9.17, 15) is 22.8 Å². The zero-order valence-electron chi connectivity index (χ0n) is 18.9. The molecule has 3 amide bonds. The third kappa shape index (κ3) is 5.19. The molecule has 0 radical (unpaired) electrons. The molecule has 11 heteroatoms. The second kappa shape index (κ2) is 9.37. The van der Waals surface area contributed by atoms with Crippen LogP contribution >= 0.6 is 0 Å². The molecule has 2 N–H and O–H groups in total. The maximum atomic E-state index is 13.1. The van der Waals surface area contributed by atoms with Gasteiger partial charge in [-0.2, -0.15) is 13.2 Å². The molecule has 3 aliphatic rings. The van der Waals surface area contributed by atoms with Gasteiger partial charge in [0.15, 0.2) is 0 Å². The van der Waals surface area contributed by atoms with Crippen LogP contribution in [0.4, 0.5) is 35.0 Å². The number of pyridine rings is 1. The number of morpholine rings is 1. The number of alkyl halides is 3. The first-order valence-electron chi connectivity index (χ1n) is 11.7. The number of piperidine rings is 1. The Bertz CT molecular complexity index is 1070. The molecule has 35 heavy (non-hydrogen) atoms. The number of hydrogen-bond donors (Lipinski definition) is 2. The van der Waals surface area contributed by atoms with E-state index in [-0.39, 0.29) is 23.8 Å². The third-order valence-electron chi connectivity index (χ3n) is 6.63. The van der Waals surface area contributed by atoms with Crippen molar-refractivity contribution in [3.8, 4) is 0 Å². The minimum Gasteiger partial charge on any atom is -0.371 e. The smallest absolute Gasteiger partial charge is 0.371 e. The molecule has 8 nitrogen and oxygen atoms in total. The Balaban J connectivity index is 1.19. The van der Waals surface area contributed by atoms with Gasteiger partial charge in [0.2, 0.25) is 5.91 Å². The number of urea groups is 1. The fraction of sp³-hybridized carbons (Fsp3) is 0.458. The van der Waals surface area contributed by atoms with Crippen LogP contribution in [0, 0.1) is 0 Å². The lowest BCUT2D eigenvalue weighted by atomic mass is 10.0. The van der Waals surface area contributed by atoms with E-state index in [1.807, 2.05) is 24.3 Å². The highest BCUT2D eigenvalue weighted by atomic mass is 19.4. The van der Waals surface area contributed by atoms with Crippen LogP contribution in [0.25, 0.3) is 0 Å². The van der Waals surface area contributed by atoms with Crippen molar-refractivity contribution >= 4 is 29.0 Å². The van der Waals surface area contributed by atoms with Gasteiger partial charge in [0.1, 0.15) is 11.7 Å². The van der Waals surface area contributed by atoms with Gasteiger partial charge in [-0.05, 0) is 62.1 Å². The molecule has 1 aromatic carbocycles. The van der Waals surface area contributed by atoms with Crippen LogP contribution in [0.2, 0.25) is 0 Å². The minimum atomic E-state index is -4.56. The first-order valence-corrected chi connectivity index (χ1v) is 11.7. The molecule has 3 aliphatic heterocycles. The van der Waals surface area contributed by atoms with E-state index < -0.39 is 23.9 Å². The summed E-state index contributed by atoms with van der Waals surface area (Å²) in [4.78, 5) is 32.7. The van der Waals surface area contributed by atoms with Gasteiger partial charge in [-0.15, -0.1) is 0 Å². The number of nitrogens with zero attached hydrogens (tertiary/aromatic N) is 3. The van der Waals surface area contributed by atoms with Crippen molar-refractivity contribution in [1.29, 1.82) is 0 Å². The Hall–Kier alpha value is -3.34. The van der Waals surface area contributed by atoms with Crippen molar-refractivity contribution < 1.29 is 27.5 Å².